The first-order chi connectivity index (χ1) is 9.74. The van der Waals surface area contributed by atoms with Crippen LogP contribution in [0, 0.1) is 0 Å². The molecule has 0 heterocycles. The molecule has 0 atom stereocenters. The molecule has 0 aliphatic heterocycles. The van der Waals surface area contributed by atoms with Gasteiger partial charge in [0.05, 0.1) is 0 Å². The number of rotatable bonds is 2. The molecular weight excluding hydrogens is 240 g/mol. The molecule has 0 fully saturated rings. The number of hydrogen-bond acceptors (Lipinski definition) is 0. The Bertz CT molecular complexity index is 143. The van der Waals surface area contributed by atoms with Crippen molar-refractivity contribution in [3.05, 3.63) is 49.1 Å². The molecule has 0 heteroatoms. The third-order valence-electron chi connectivity index (χ3n) is 1.01. The predicted molar refractivity (Wildman–Crippen MR) is 105 cm³/mol. The maximum atomic E-state index is 3.36. The monoisotopic (exact) mass is 284 g/mol. The molecular formula is C20H44. The van der Waals surface area contributed by atoms with Gasteiger partial charge in [0.1, 0.15) is 0 Å². The van der Waals surface area contributed by atoms with Crippen molar-refractivity contribution in [1.82, 2.24) is 0 Å². The first-order valence-electron chi connectivity index (χ1n) is 8.17. The molecule has 0 radical (unpaired) electrons. The first-order valence-corrected chi connectivity index (χ1v) is 8.17. The van der Waals surface area contributed by atoms with Crippen LogP contribution in [0.5, 0.6) is 0 Å². The largest absolute Gasteiger partial charge is 0.103 e. The van der Waals surface area contributed by atoms with E-state index in [0.717, 1.165) is 6.42 Å². The van der Waals surface area contributed by atoms with E-state index < -0.39 is 0 Å². The second-order valence-electron chi connectivity index (χ2n) is 2.44. The molecule has 0 rings (SSSR count). The average Bonchev–Trinajstić information content (AvgIpc) is 2.55. The van der Waals surface area contributed by atoms with Gasteiger partial charge in [-0.25, -0.2) is 0 Å². The Hall–Kier alpha value is -1.04. The fraction of sp³-hybridized carbons (Fsp3) is 0.600. The lowest BCUT2D eigenvalue weighted by Gasteiger charge is -1.70. The standard InChI is InChI=1S/C7H12.C4H8.C3H6.3C2H6/c1-3-5-7-6-4-2;1-3-4-2;1-3-2;3*1-2/h3,5-7H,4H2,1-2H3;3-4H,1-2H3;3H,1H2,2H3;3*1-2H3/b5-3-,7-6-;4-3-;;;;. The van der Waals surface area contributed by atoms with Gasteiger partial charge in [0.25, 0.3) is 0 Å². The van der Waals surface area contributed by atoms with Crippen LogP contribution in [-0.4, -0.2) is 0 Å². The Morgan fingerprint density at radius 3 is 1.10 bits per heavy atom. The molecule has 0 bridgehead atoms. The molecule has 0 aliphatic rings. The minimum absolute atomic E-state index is 1.13. The molecule has 0 aromatic rings. The van der Waals surface area contributed by atoms with Crippen molar-refractivity contribution in [3.8, 4) is 0 Å². The molecule has 0 nitrogen and oxygen atoms in total. The van der Waals surface area contributed by atoms with Crippen LogP contribution in [0.25, 0.3) is 0 Å². The SMILES string of the molecule is C/C=C\C.C/C=C\C=C/CC.C=CC.CC.CC.CC. The lowest BCUT2D eigenvalue weighted by atomic mass is 10.4. The maximum Gasteiger partial charge on any atom is -0.0376 e. The Balaban J connectivity index is -0.0000000327. The van der Waals surface area contributed by atoms with Gasteiger partial charge in [-0.3, -0.25) is 0 Å². The van der Waals surface area contributed by atoms with Crippen LogP contribution in [0.15, 0.2) is 49.1 Å². The molecule has 0 amide bonds. The van der Waals surface area contributed by atoms with E-state index in [1.807, 2.05) is 93.5 Å². The van der Waals surface area contributed by atoms with Crippen molar-refractivity contribution in [3.63, 3.8) is 0 Å². The fourth-order valence-electron chi connectivity index (χ4n) is 0.326. The summed E-state index contributed by atoms with van der Waals surface area (Å²) >= 11 is 0. The van der Waals surface area contributed by atoms with E-state index in [9.17, 15) is 0 Å². The van der Waals surface area contributed by atoms with Crippen LogP contribution < -0.4 is 0 Å². The molecule has 124 valence electrons. The van der Waals surface area contributed by atoms with Crippen molar-refractivity contribution in [1.29, 1.82) is 0 Å². The highest BCUT2D eigenvalue weighted by Gasteiger charge is 1.57. The minimum atomic E-state index is 1.13. The molecule has 0 N–H and O–H groups in total. The second kappa shape index (κ2) is 107. The number of allylic oxidation sites excluding steroid dienone is 7. The van der Waals surface area contributed by atoms with Crippen LogP contribution in [0.2, 0.25) is 0 Å². The smallest absolute Gasteiger partial charge is 0.0376 e. The first kappa shape index (κ1) is 36.4. The Morgan fingerprint density at radius 2 is 0.950 bits per heavy atom. The minimum Gasteiger partial charge on any atom is -0.103 e. The summed E-state index contributed by atoms with van der Waals surface area (Å²) in [5, 5.41) is 0. The van der Waals surface area contributed by atoms with E-state index in [2.05, 4.69) is 25.7 Å². The quantitative estimate of drug-likeness (QED) is 0.353. The van der Waals surface area contributed by atoms with Crippen LogP contribution in [0.3, 0.4) is 0 Å². The summed E-state index contributed by atoms with van der Waals surface area (Å²) in [6, 6.07) is 0. The topological polar surface area (TPSA) is 0 Å². The van der Waals surface area contributed by atoms with Gasteiger partial charge in [-0.1, -0.05) is 91.0 Å². The predicted octanol–water partition coefficient (Wildman–Crippen LogP) is 8.38. The van der Waals surface area contributed by atoms with Crippen molar-refractivity contribution >= 4 is 0 Å². The second-order valence-corrected chi connectivity index (χ2v) is 2.44. The van der Waals surface area contributed by atoms with Crippen molar-refractivity contribution < 1.29 is 0 Å². The highest BCUT2D eigenvalue weighted by molar-refractivity contribution is 5.00. The summed E-state index contributed by atoms with van der Waals surface area (Å²) in [6.45, 7) is 25.4. The third-order valence-corrected chi connectivity index (χ3v) is 1.01. The highest BCUT2D eigenvalue weighted by atomic mass is 13.6. The summed E-state index contributed by atoms with van der Waals surface area (Å²) in [4.78, 5) is 0. The van der Waals surface area contributed by atoms with E-state index in [0.29, 0.717) is 0 Å². The van der Waals surface area contributed by atoms with Crippen LogP contribution in [0.1, 0.15) is 82.6 Å². The van der Waals surface area contributed by atoms with Crippen LogP contribution >= 0.6 is 0 Å². The van der Waals surface area contributed by atoms with Gasteiger partial charge >= 0.3 is 0 Å². The van der Waals surface area contributed by atoms with Gasteiger partial charge in [0.15, 0.2) is 0 Å². The molecule has 0 aromatic heterocycles. The normalized spacial score (nSPS) is 7.55. The lowest BCUT2D eigenvalue weighted by molar-refractivity contribution is 1.22. The Morgan fingerprint density at radius 1 is 0.650 bits per heavy atom. The van der Waals surface area contributed by atoms with E-state index in [1.165, 1.54) is 0 Å². The van der Waals surface area contributed by atoms with Crippen molar-refractivity contribution in [2.45, 2.75) is 82.6 Å². The summed E-state index contributed by atoms with van der Waals surface area (Å²) in [5.41, 5.74) is 0. The average molecular weight is 285 g/mol. The molecule has 0 aromatic carbocycles. The lowest BCUT2D eigenvalue weighted by Crippen LogP contribution is -1.48. The van der Waals surface area contributed by atoms with E-state index in [-0.39, 0.29) is 0 Å². The van der Waals surface area contributed by atoms with Gasteiger partial charge in [0.2, 0.25) is 0 Å². The zero-order valence-electron chi connectivity index (χ0n) is 16.5. The van der Waals surface area contributed by atoms with Gasteiger partial charge in [0, 0.05) is 0 Å². The van der Waals surface area contributed by atoms with E-state index in [1.54, 1.807) is 6.08 Å². The van der Waals surface area contributed by atoms with Gasteiger partial charge in [-0.05, 0) is 34.1 Å². The van der Waals surface area contributed by atoms with Crippen LogP contribution in [-0.2, 0) is 0 Å². The molecule has 0 spiro atoms. The summed E-state index contributed by atoms with van der Waals surface area (Å²) in [5.74, 6) is 0. The van der Waals surface area contributed by atoms with Crippen molar-refractivity contribution in [2.75, 3.05) is 0 Å². The third kappa shape index (κ3) is 275. The molecule has 20 heavy (non-hydrogen) atoms. The van der Waals surface area contributed by atoms with E-state index in [4.69, 9.17) is 0 Å². The summed E-state index contributed by atoms with van der Waals surface area (Å²) in [7, 11) is 0. The van der Waals surface area contributed by atoms with Gasteiger partial charge in [-0.2, -0.15) is 0 Å². The maximum absolute atomic E-state index is 3.36. The fourth-order valence-corrected chi connectivity index (χ4v) is 0.326. The molecule has 0 saturated carbocycles. The summed E-state index contributed by atoms with van der Waals surface area (Å²) in [6.07, 6.45) is 15.1. The highest BCUT2D eigenvalue weighted by Crippen LogP contribution is 1.79. The Labute approximate surface area is 132 Å². The zero-order chi connectivity index (χ0) is 17.7. The van der Waals surface area contributed by atoms with Gasteiger partial charge in [-0.15, -0.1) is 6.58 Å². The molecule has 0 aliphatic carbocycles. The zero-order valence-corrected chi connectivity index (χ0v) is 16.5. The summed E-state index contributed by atoms with van der Waals surface area (Å²) < 4.78 is 0. The van der Waals surface area contributed by atoms with Gasteiger partial charge < -0.3 is 0 Å². The molecule has 0 unspecified atom stereocenters. The molecule has 0 saturated heterocycles. The number of hydrogen-bond donors (Lipinski definition) is 0. The Kier molecular flexibility index (Phi) is 194. The van der Waals surface area contributed by atoms with E-state index >= 15 is 0 Å². The van der Waals surface area contributed by atoms with Crippen molar-refractivity contribution in [2.24, 2.45) is 0 Å². The van der Waals surface area contributed by atoms with Crippen LogP contribution in [0.4, 0.5) is 0 Å².